The van der Waals surface area contributed by atoms with Gasteiger partial charge in [-0.05, 0) is 23.8 Å². The Morgan fingerprint density at radius 2 is 2.32 bits per heavy atom. The van der Waals surface area contributed by atoms with Gasteiger partial charge in [-0.3, -0.25) is 0 Å². The van der Waals surface area contributed by atoms with E-state index in [1.165, 1.54) is 5.56 Å². The average molecular weight is 322 g/mol. The standard InChI is InChI=1S/C14H12BrNO3/c15-12-5-9-2-4-19-13(9)11(6-12)8-16-3-1-10(7-16)14(17)18/h1,3,5-7H,2,4,8H2,(H,17,18). The van der Waals surface area contributed by atoms with E-state index < -0.39 is 5.97 Å². The van der Waals surface area contributed by atoms with Crippen LogP contribution in [0.3, 0.4) is 0 Å². The Bertz CT molecular complexity index is 648. The number of carboxylic acids is 1. The molecule has 0 radical (unpaired) electrons. The molecule has 0 spiro atoms. The Balaban J connectivity index is 1.92. The van der Waals surface area contributed by atoms with Gasteiger partial charge in [0.1, 0.15) is 5.75 Å². The van der Waals surface area contributed by atoms with E-state index in [0.717, 1.165) is 22.2 Å². The molecule has 1 N–H and O–H groups in total. The predicted octanol–water partition coefficient (Wildman–Crippen LogP) is 2.93. The lowest BCUT2D eigenvalue weighted by Crippen LogP contribution is -2.00. The Morgan fingerprint density at radius 3 is 3.05 bits per heavy atom. The van der Waals surface area contributed by atoms with Gasteiger partial charge in [-0.15, -0.1) is 0 Å². The molecule has 0 fully saturated rings. The summed E-state index contributed by atoms with van der Waals surface area (Å²) in [7, 11) is 0. The van der Waals surface area contributed by atoms with Crippen molar-refractivity contribution in [1.29, 1.82) is 0 Å². The zero-order valence-electron chi connectivity index (χ0n) is 10.1. The number of ether oxygens (including phenoxy) is 1. The molecule has 1 aliphatic heterocycles. The Morgan fingerprint density at radius 1 is 1.47 bits per heavy atom. The molecular weight excluding hydrogens is 310 g/mol. The highest BCUT2D eigenvalue weighted by Gasteiger charge is 2.17. The van der Waals surface area contributed by atoms with E-state index in [0.29, 0.717) is 18.7 Å². The number of carbonyl (C=O) groups is 1. The fourth-order valence-electron chi connectivity index (χ4n) is 2.33. The summed E-state index contributed by atoms with van der Waals surface area (Å²) in [5, 5.41) is 8.92. The first-order chi connectivity index (χ1) is 9.13. The molecular formula is C14H12BrNO3. The molecule has 0 atom stereocenters. The van der Waals surface area contributed by atoms with E-state index >= 15 is 0 Å². The highest BCUT2D eigenvalue weighted by molar-refractivity contribution is 9.10. The van der Waals surface area contributed by atoms with Crippen molar-refractivity contribution in [3.8, 4) is 5.75 Å². The van der Waals surface area contributed by atoms with Gasteiger partial charge in [0.2, 0.25) is 0 Å². The van der Waals surface area contributed by atoms with Crippen LogP contribution >= 0.6 is 15.9 Å². The van der Waals surface area contributed by atoms with Crippen molar-refractivity contribution in [2.45, 2.75) is 13.0 Å². The van der Waals surface area contributed by atoms with Gasteiger partial charge in [0.25, 0.3) is 0 Å². The Hall–Kier alpha value is -1.75. The molecule has 0 amide bonds. The van der Waals surface area contributed by atoms with E-state index in [4.69, 9.17) is 9.84 Å². The molecule has 2 aromatic rings. The van der Waals surface area contributed by atoms with Crippen molar-refractivity contribution in [2.75, 3.05) is 6.61 Å². The molecule has 0 saturated carbocycles. The fraction of sp³-hybridized carbons (Fsp3) is 0.214. The van der Waals surface area contributed by atoms with Crippen LogP contribution in [0, 0.1) is 0 Å². The van der Waals surface area contributed by atoms with Crippen LogP contribution in [0.25, 0.3) is 0 Å². The summed E-state index contributed by atoms with van der Waals surface area (Å²) < 4.78 is 8.54. The first-order valence-electron chi connectivity index (χ1n) is 5.96. The highest BCUT2D eigenvalue weighted by atomic mass is 79.9. The molecule has 1 aromatic carbocycles. The summed E-state index contributed by atoms with van der Waals surface area (Å²) in [5.41, 5.74) is 2.57. The Kier molecular flexibility index (Phi) is 3.06. The van der Waals surface area contributed by atoms with Crippen LogP contribution in [0.1, 0.15) is 21.5 Å². The molecule has 19 heavy (non-hydrogen) atoms. The van der Waals surface area contributed by atoms with Gasteiger partial charge < -0.3 is 14.4 Å². The lowest BCUT2D eigenvalue weighted by atomic mass is 10.1. The van der Waals surface area contributed by atoms with Crippen molar-refractivity contribution >= 4 is 21.9 Å². The van der Waals surface area contributed by atoms with E-state index in [9.17, 15) is 4.79 Å². The molecule has 2 heterocycles. The molecule has 1 aliphatic rings. The number of benzene rings is 1. The van der Waals surface area contributed by atoms with E-state index in [2.05, 4.69) is 22.0 Å². The number of halogens is 1. The minimum atomic E-state index is -0.908. The number of carboxylic acid groups (broad SMARTS) is 1. The summed E-state index contributed by atoms with van der Waals surface area (Å²) in [6, 6.07) is 5.69. The van der Waals surface area contributed by atoms with Crippen LogP contribution < -0.4 is 4.74 Å². The third kappa shape index (κ3) is 2.38. The van der Waals surface area contributed by atoms with Crippen LogP contribution in [0.15, 0.2) is 35.1 Å². The second-order valence-corrected chi connectivity index (χ2v) is 5.44. The summed E-state index contributed by atoms with van der Waals surface area (Å²) in [5.74, 6) is 0.0308. The summed E-state index contributed by atoms with van der Waals surface area (Å²) in [6.07, 6.45) is 4.32. The highest BCUT2D eigenvalue weighted by Crippen LogP contribution is 2.33. The third-order valence-corrected chi connectivity index (χ3v) is 3.63. The van der Waals surface area contributed by atoms with Gasteiger partial charge in [-0.2, -0.15) is 0 Å². The maximum Gasteiger partial charge on any atom is 0.337 e. The second kappa shape index (κ2) is 4.74. The van der Waals surface area contributed by atoms with Crippen molar-refractivity contribution in [3.05, 3.63) is 51.8 Å². The van der Waals surface area contributed by atoms with E-state index in [1.54, 1.807) is 18.5 Å². The molecule has 98 valence electrons. The maximum atomic E-state index is 10.9. The lowest BCUT2D eigenvalue weighted by molar-refractivity contribution is 0.0697. The molecule has 5 heteroatoms. The quantitative estimate of drug-likeness (QED) is 0.945. The van der Waals surface area contributed by atoms with Crippen LogP contribution in [-0.4, -0.2) is 22.2 Å². The topological polar surface area (TPSA) is 51.5 Å². The van der Waals surface area contributed by atoms with Crippen LogP contribution in [0.5, 0.6) is 5.75 Å². The second-order valence-electron chi connectivity index (χ2n) is 4.53. The molecule has 0 bridgehead atoms. The largest absolute Gasteiger partial charge is 0.493 e. The number of rotatable bonds is 3. The van der Waals surface area contributed by atoms with Crippen LogP contribution in [-0.2, 0) is 13.0 Å². The summed E-state index contributed by atoms with van der Waals surface area (Å²) in [6.45, 7) is 1.32. The number of aromatic carboxylic acids is 1. The zero-order chi connectivity index (χ0) is 13.4. The van der Waals surface area contributed by atoms with Crippen molar-refractivity contribution in [2.24, 2.45) is 0 Å². The van der Waals surface area contributed by atoms with Crippen molar-refractivity contribution in [1.82, 2.24) is 4.57 Å². The summed E-state index contributed by atoms with van der Waals surface area (Å²) in [4.78, 5) is 10.9. The van der Waals surface area contributed by atoms with Gasteiger partial charge >= 0.3 is 5.97 Å². The predicted molar refractivity (Wildman–Crippen MR) is 73.8 cm³/mol. The SMILES string of the molecule is O=C(O)c1ccn(Cc2cc(Br)cc3c2OCC3)c1. The average Bonchev–Trinajstić information content (AvgIpc) is 2.96. The normalized spacial score (nSPS) is 13.1. The van der Waals surface area contributed by atoms with Crippen molar-refractivity contribution < 1.29 is 14.6 Å². The number of hydrogen-bond acceptors (Lipinski definition) is 2. The number of hydrogen-bond donors (Lipinski definition) is 1. The minimum Gasteiger partial charge on any atom is -0.493 e. The molecule has 4 nitrogen and oxygen atoms in total. The summed E-state index contributed by atoms with van der Waals surface area (Å²) >= 11 is 3.50. The first kappa shape index (κ1) is 12.3. The molecule has 1 aromatic heterocycles. The van der Waals surface area contributed by atoms with Crippen LogP contribution in [0.2, 0.25) is 0 Å². The zero-order valence-corrected chi connectivity index (χ0v) is 11.7. The minimum absolute atomic E-state index is 0.299. The van der Waals surface area contributed by atoms with Crippen molar-refractivity contribution in [3.63, 3.8) is 0 Å². The molecule has 0 unspecified atom stereocenters. The number of fused-ring (bicyclic) bond motifs is 1. The number of nitrogens with zero attached hydrogens (tertiary/aromatic N) is 1. The fourth-order valence-corrected chi connectivity index (χ4v) is 2.88. The van der Waals surface area contributed by atoms with E-state index in [-0.39, 0.29) is 0 Å². The smallest absolute Gasteiger partial charge is 0.337 e. The van der Waals surface area contributed by atoms with Gasteiger partial charge in [-0.1, -0.05) is 15.9 Å². The first-order valence-corrected chi connectivity index (χ1v) is 6.76. The molecule has 3 rings (SSSR count). The Labute approximate surface area is 118 Å². The van der Waals surface area contributed by atoms with Gasteiger partial charge in [0.05, 0.1) is 18.7 Å². The van der Waals surface area contributed by atoms with Crippen LogP contribution in [0.4, 0.5) is 0 Å². The third-order valence-electron chi connectivity index (χ3n) is 3.18. The van der Waals surface area contributed by atoms with Gasteiger partial charge in [-0.25, -0.2) is 4.79 Å². The maximum absolute atomic E-state index is 10.9. The number of aromatic nitrogens is 1. The van der Waals surface area contributed by atoms with Gasteiger partial charge in [0.15, 0.2) is 0 Å². The molecule has 0 aliphatic carbocycles. The monoisotopic (exact) mass is 321 g/mol. The van der Waals surface area contributed by atoms with Gasteiger partial charge in [0, 0.05) is 28.9 Å². The molecule has 0 saturated heterocycles. The lowest BCUT2D eigenvalue weighted by Gasteiger charge is -2.10. The van der Waals surface area contributed by atoms with E-state index in [1.807, 2.05) is 10.6 Å².